The van der Waals surface area contributed by atoms with Crippen LogP contribution in [-0.2, 0) is 23.7 Å². The predicted molar refractivity (Wildman–Crippen MR) is 217 cm³/mol. The minimum atomic E-state index is -1.28. The summed E-state index contributed by atoms with van der Waals surface area (Å²) in [5.41, 5.74) is 5.54. The Bertz CT molecular complexity index is 1730. The lowest BCUT2D eigenvalue weighted by Gasteiger charge is -2.33. The zero-order valence-corrected chi connectivity index (χ0v) is 35.7. The van der Waals surface area contributed by atoms with Crippen molar-refractivity contribution in [1.29, 1.82) is 0 Å². The molecule has 0 saturated heterocycles. The van der Waals surface area contributed by atoms with E-state index in [2.05, 4.69) is 84.4 Å². The average molecular weight is 811 g/mol. The molecule has 0 aliphatic heterocycles. The number of nitrogens with zero attached hydrogens (tertiary/aromatic N) is 5. The van der Waals surface area contributed by atoms with Crippen LogP contribution in [-0.4, -0.2) is 88.7 Å². The maximum atomic E-state index is 12.5. The van der Waals surface area contributed by atoms with Crippen molar-refractivity contribution >= 4 is 49.5 Å². The van der Waals surface area contributed by atoms with Crippen molar-refractivity contribution in [1.82, 2.24) is 19.6 Å². The number of carbonyl (C=O) groups is 1. The number of carbonyl (C=O) groups excluding carboxylic acids is 1. The van der Waals surface area contributed by atoms with Gasteiger partial charge in [0.15, 0.2) is 17.6 Å². The first-order chi connectivity index (χ1) is 24.8. The van der Waals surface area contributed by atoms with Crippen LogP contribution in [0.1, 0.15) is 37.3 Å². The number of ether oxygens (including phenoxy) is 4. The van der Waals surface area contributed by atoms with Crippen LogP contribution in [0, 0.1) is 5.92 Å². The Morgan fingerprint density at radius 2 is 1.52 bits per heavy atom. The van der Waals surface area contributed by atoms with Crippen LogP contribution in [0.2, 0.25) is 51.4 Å². The first-order valence-electron chi connectivity index (χ1n) is 18.4. The maximum absolute atomic E-state index is 12.5. The maximum Gasteiger partial charge on any atom is 0.335 e. The molecule has 1 aromatic carbocycles. The van der Waals surface area contributed by atoms with Gasteiger partial charge < -0.3 is 23.8 Å². The lowest BCUT2D eigenvalue weighted by atomic mass is 9.78. The number of benzene rings is 1. The molecule has 52 heavy (non-hydrogen) atoms. The van der Waals surface area contributed by atoms with Crippen molar-refractivity contribution < 1.29 is 23.7 Å². The van der Waals surface area contributed by atoms with E-state index in [1.165, 1.54) is 7.11 Å². The van der Waals surface area contributed by atoms with Crippen LogP contribution < -0.4 is 4.90 Å². The molecule has 3 aromatic heterocycles. The molecule has 4 aromatic rings. The standard InChI is InChI=1S/C39H56BrN5O5Si2/c1-47-36(39(46)48-2)30-16-14-29(15-17-30)35-34(40)38(44(26-49-20-22-51(3,4)5)27-50-21-23-52(6,7)8)45-37(43-35)32(25-42-45)31-18-19-33(41-24-31)28-12-10-9-11-13-28/h9-13,18-19,24-25,29-30,36H,14-17,20-23,26-27H2,1-8H3/t29-,30-,36?. The molecule has 282 valence electrons. The number of halogens is 1. The van der Waals surface area contributed by atoms with E-state index in [0.717, 1.165) is 81.8 Å². The fraction of sp³-hybridized carbons (Fsp3) is 0.538. The van der Waals surface area contributed by atoms with Crippen molar-refractivity contribution in [2.24, 2.45) is 5.92 Å². The number of fused-ring (bicyclic) bond motifs is 1. The third kappa shape index (κ3) is 10.4. The molecule has 0 amide bonds. The molecular formula is C39H56BrN5O5Si2. The fourth-order valence-corrected chi connectivity index (χ4v) is 8.96. The zero-order valence-electron chi connectivity index (χ0n) is 32.2. The Balaban J connectivity index is 1.54. The smallest absolute Gasteiger partial charge is 0.335 e. The van der Waals surface area contributed by atoms with Crippen molar-refractivity contribution in [3.05, 3.63) is 65.0 Å². The van der Waals surface area contributed by atoms with Crippen LogP contribution in [0.15, 0.2) is 59.3 Å². The fourth-order valence-electron chi connectivity index (χ4n) is 6.61. The number of methoxy groups -OCH3 is 2. The molecule has 0 spiro atoms. The minimum absolute atomic E-state index is 0.0893. The number of pyridine rings is 1. The highest BCUT2D eigenvalue weighted by atomic mass is 79.9. The Kier molecular flexibility index (Phi) is 13.9. The number of hydrogen-bond donors (Lipinski definition) is 0. The highest BCUT2D eigenvalue weighted by Crippen LogP contribution is 2.43. The molecule has 0 radical (unpaired) electrons. The molecule has 1 unspecified atom stereocenters. The van der Waals surface area contributed by atoms with Crippen LogP contribution in [0.4, 0.5) is 5.82 Å². The van der Waals surface area contributed by atoms with Crippen LogP contribution >= 0.6 is 15.9 Å². The van der Waals surface area contributed by atoms with Gasteiger partial charge in [0.2, 0.25) is 0 Å². The summed E-state index contributed by atoms with van der Waals surface area (Å²) in [6.45, 7) is 16.3. The number of rotatable bonds is 17. The third-order valence-corrected chi connectivity index (χ3v) is 14.0. The molecule has 1 fully saturated rings. The predicted octanol–water partition coefficient (Wildman–Crippen LogP) is 9.11. The van der Waals surface area contributed by atoms with Crippen molar-refractivity contribution in [3.8, 4) is 22.4 Å². The van der Waals surface area contributed by atoms with E-state index >= 15 is 0 Å². The summed E-state index contributed by atoms with van der Waals surface area (Å²) in [5, 5.41) is 4.94. The third-order valence-electron chi connectivity index (χ3n) is 9.80. The Labute approximate surface area is 319 Å². The van der Waals surface area contributed by atoms with Gasteiger partial charge in [-0.2, -0.15) is 9.61 Å². The van der Waals surface area contributed by atoms with E-state index in [0.29, 0.717) is 26.7 Å². The van der Waals surface area contributed by atoms with Crippen molar-refractivity contribution in [2.75, 3.05) is 45.8 Å². The van der Waals surface area contributed by atoms with Crippen molar-refractivity contribution in [2.45, 2.75) is 89.1 Å². The first kappa shape index (κ1) is 40.2. The molecule has 1 aliphatic carbocycles. The lowest BCUT2D eigenvalue weighted by Crippen LogP contribution is -2.35. The van der Waals surface area contributed by atoms with Gasteiger partial charge in [-0.1, -0.05) is 75.7 Å². The number of hydrogen-bond acceptors (Lipinski definition) is 9. The summed E-state index contributed by atoms with van der Waals surface area (Å²) in [4.78, 5) is 24.8. The Morgan fingerprint density at radius 1 is 0.885 bits per heavy atom. The second-order valence-corrected chi connectivity index (χ2v) is 28.3. The van der Waals surface area contributed by atoms with Gasteiger partial charge in [-0.25, -0.2) is 9.78 Å². The molecule has 5 rings (SSSR count). The van der Waals surface area contributed by atoms with Crippen LogP contribution in [0.3, 0.4) is 0 Å². The topological polar surface area (TPSA) is 100 Å². The largest absolute Gasteiger partial charge is 0.467 e. The lowest BCUT2D eigenvalue weighted by molar-refractivity contribution is -0.156. The second-order valence-electron chi connectivity index (χ2n) is 16.3. The normalized spacial score (nSPS) is 17.3. The van der Waals surface area contributed by atoms with E-state index in [9.17, 15) is 4.79 Å². The average Bonchev–Trinajstić information content (AvgIpc) is 3.54. The van der Waals surface area contributed by atoms with E-state index in [1.807, 2.05) is 35.1 Å². The highest BCUT2D eigenvalue weighted by molar-refractivity contribution is 9.10. The highest BCUT2D eigenvalue weighted by Gasteiger charge is 2.35. The number of aromatic nitrogens is 4. The van der Waals surface area contributed by atoms with Crippen molar-refractivity contribution in [3.63, 3.8) is 0 Å². The summed E-state index contributed by atoms with van der Waals surface area (Å²) in [5.74, 6) is 0.788. The molecule has 0 N–H and O–H groups in total. The summed E-state index contributed by atoms with van der Waals surface area (Å²) in [7, 11) is 0.433. The summed E-state index contributed by atoms with van der Waals surface area (Å²) in [6.07, 6.45) is 6.60. The van der Waals surface area contributed by atoms with Gasteiger partial charge in [-0.3, -0.25) is 4.98 Å². The zero-order chi connectivity index (χ0) is 37.5. The van der Waals surface area contributed by atoms with Gasteiger partial charge in [0, 0.05) is 65.3 Å². The summed E-state index contributed by atoms with van der Waals surface area (Å²) >= 11 is 4.04. The quantitative estimate of drug-likeness (QED) is 0.0448. The molecule has 10 nitrogen and oxygen atoms in total. The van der Waals surface area contributed by atoms with Gasteiger partial charge in [0.1, 0.15) is 13.5 Å². The van der Waals surface area contributed by atoms with Gasteiger partial charge in [-0.15, -0.1) is 0 Å². The molecule has 3 heterocycles. The summed E-state index contributed by atoms with van der Waals surface area (Å²) < 4.78 is 26.2. The second kappa shape index (κ2) is 17.9. The number of anilines is 1. The molecule has 1 aliphatic rings. The van der Waals surface area contributed by atoms with Gasteiger partial charge >= 0.3 is 5.97 Å². The Hall–Kier alpha value is -2.95. The minimum Gasteiger partial charge on any atom is -0.467 e. The molecule has 0 bridgehead atoms. The van der Waals surface area contributed by atoms with E-state index in [4.69, 9.17) is 34.0 Å². The molecular weight excluding hydrogens is 755 g/mol. The van der Waals surface area contributed by atoms with E-state index < -0.39 is 22.3 Å². The molecule has 1 atom stereocenters. The van der Waals surface area contributed by atoms with Gasteiger partial charge in [-0.05, 0) is 65.7 Å². The van der Waals surface area contributed by atoms with Crippen LogP contribution in [0.5, 0.6) is 0 Å². The van der Waals surface area contributed by atoms with Gasteiger partial charge in [0.25, 0.3) is 0 Å². The Morgan fingerprint density at radius 3 is 2.06 bits per heavy atom. The molecule has 1 saturated carbocycles. The first-order valence-corrected chi connectivity index (χ1v) is 26.6. The van der Waals surface area contributed by atoms with Crippen LogP contribution in [0.25, 0.3) is 28.0 Å². The SMILES string of the molecule is COC(=O)C(OC)[C@H]1CC[C@H](c2nc3c(-c4ccc(-c5ccccc5)nc4)cnn3c(N(COCC[Si](C)(C)C)COCC[Si](C)(C)C)c2Br)CC1. The summed E-state index contributed by atoms with van der Waals surface area (Å²) in [6, 6.07) is 16.5. The molecule has 13 heteroatoms. The van der Waals surface area contributed by atoms with E-state index in [1.54, 1.807) is 7.11 Å². The van der Waals surface area contributed by atoms with E-state index in [-0.39, 0.29) is 17.8 Å². The number of esters is 1. The van der Waals surface area contributed by atoms with Gasteiger partial charge in [0.05, 0.1) is 29.2 Å². The monoisotopic (exact) mass is 809 g/mol.